The van der Waals surface area contributed by atoms with Crippen molar-refractivity contribution in [1.82, 2.24) is 9.78 Å². The molecule has 0 amide bonds. The first-order valence-corrected chi connectivity index (χ1v) is 5.42. The Morgan fingerprint density at radius 2 is 2.11 bits per heavy atom. The summed E-state index contributed by atoms with van der Waals surface area (Å²) in [6.45, 7) is 1.71. The van der Waals surface area contributed by atoms with Crippen LogP contribution >= 0.6 is 0 Å². The van der Waals surface area contributed by atoms with Crippen LogP contribution in [0.3, 0.4) is 0 Å². The van der Waals surface area contributed by atoms with E-state index >= 15 is 0 Å². The maximum atomic E-state index is 14.0. The van der Waals surface area contributed by atoms with Gasteiger partial charge in [-0.1, -0.05) is 6.07 Å². The Morgan fingerprint density at radius 1 is 1.39 bits per heavy atom. The Morgan fingerprint density at radius 3 is 2.67 bits per heavy atom. The largest absolute Gasteiger partial charge is 0.494 e. The topological polar surface area (TPSA) is 44.1 Å². The third kappa shape index (κ3) is 1.99. The van der Waals surface area contributed by atoms with Gasteiger partial charge in [0, 0.05) is 13.2 Å². The highest BCUT2D eigenvalue weighted by Gasteiger charge is 2.20. The molecule has 2 aromatic rings. The molecule has 1 aromatic carbocycles. The Kier molecular flexibility index (Phi) is 3.14. The van der Waals surface area contributed by atoms with Gasteiger partial charge in [-0.25, -0.2) is 4.39 Å². The van der Waals surface area contributed by atoms with Crippen molar-refractivity contribution in [2.24, 2.45) is 7.05 Å². The third-order valence-electron chi connectivity index (χ3n) is 2.69. The summed E-state index contributed by atoms with van der Waals surface area (Å²) in [5, 5.41) is 4.07. The van der Waals surface area contributed by atoms with Crippen LogP contribution in [0.5, 0.6) is 5.75 Å². The minimum atomic E-state index is -0.645. The highest BCUT2D eigenvalue weighted by molar-refractivity contribution is 6.09. The molecular weight excluding hydrogens is 235 g/mol. The zero-order chi connectivity index (χ0) is 13.3. The first-order chi connectivity index (χ1) is 8.54. The number of rotatable bonds is 3. The number of carbonyl (C=O) groups is 1. The van der Waals surface area contributed by atoms with Gasteiger partial charge < -0.3 is 4.74 Å². The maximum absolute atomic E-state index is 14.0. The number of hydrogen-bond donors (Lipinski definition) is 0. The van der Waals surface area contributed by atoms with Crippen LogP contribution in [0.1, 0.15) is 21.6 Å². The first kappa shape index (κ1) is 12.3. The van der Waals surface area contributed by atoms with Crippen molar-refractivity contribution < 1.29 is 13.9 Å². The summed E-state index contributed by atoms with van der Waals surface area (Å²) < 4.78 is 20.4. The molecule has 0 bridgehead atoms. The lowest BCUT2D eigenvalue weighted by atomic mass is 10.0. The van der Waals surface area contributed by atoms with Crippen LogP contribution in [-0.4, -0.2) is 22.7 Å². The number of carbonyl (C=O) groups excluding carboxylic acids is 1. The Balaban J connectivity index is 2.50. The molecule has 0 saturated heterocycles. The number of aromatic nitrogens is 2. The Bertz CT molecular complexity index is 605. The van der Waals surface area contributed by atoms with Gasteiger partial charge in [-0.2, -0.15) is 5.10 Å². The second kappa shape index (κ2) is 4.60. The number of ether oxygens (including phenoxy) is 1. The monoisotopic (exact) mass is 248 g/mol. The second-order valence-corrected chi connectivity index (χ2v) is 3.95. The molecule has 18 heavy (non-hydrogen) atoms. The molecule has 0 saturated carbocycles. The van der Waals surface area contributed by atoms with Crippen LogP contribution in [0.2, 0.25) is 0 Å². The normalized spacial score (nSPS) is 10.4. The second-order valence-electron chi connectivity index (χ2n) is 3.95. The van der Waals surface area contributed by atoms with E-state index in [1.54, 1.807) is 26.2 Å². The van der Waals surface area contributed by atoms with Gasteiger partial charge in [0.25, 0.3) is 0 Å². The fraction of sp³-hybridized carbons (Fsp3) is 0.231. The van der Waals surface area contributed by atoms with Crippen molar-refractivity contribution in [2.75, 3.05) is 7.11 Å². The van der Waals surface area contributed by atoms with Gasteiger partial charge in [0.05, 0.1) is 23.9 Å². The molecular formula is C13H13FN2O2. The summed E-state index contributed by atoms with van der Waals surface area (Å²) >= 11 is 0. The van der Waals surface area contributed by atoms with Crippen LogP contribution in [0, 0.1) is 12.7 Å². The number of benzene rings is 1. The summed E-state index contributed by atoms with van der Waals surface area (Å²) in [5.74, 6) is -0.979. The predicted molar refractivity (Wildman–Crippen MR) is 64.3 cm³/mol. The highest BCUT2D eigenvalue weighted by atomic mass is 19.1. The van der Waals surface area contributed by atoms with E-state index in [0.29, 0.717) is 11.3 Å². The maximum Gasteiger partial charge on any atom is 0.199 e. The first-order valence-electron chi connectivity index (χ1n) is 5.42. The quantitative estimate of drug-likeness (QED) is 0.781. The summed E-state index contributed by atoms with van der Waals surface area (Å²) in [6, 6.07) is 4.50. The third-order valence-corrected chi connectivity index (χ3v) is 2.69. The molecule has 0 unspecified atom stereocenters. The van der Waals surface area contributed by atoms with Gasteiger partial charge >= 0.3 is 0 Å². The van der Waals surface area contributed by atoms with Crippen molar-refractivity contribution in [3.05, 3.63) is 47.0 Å². The summed E-state index contributed by atoms with van der Waals surface area (Å²) in [5.41, 5.74) is 0.958. The lowest BCUT2D eigenvalue weighted by Gasteiger charge is -2.05. The Hall–Kier alpha value is -2.17. The summed E-state index contributed by atoms with van der Waals surface area (Å²) in [6.07, 6.45) is 1.58. The predicted octanol–water partition coefficient (Wildman–Crippen LogP) is 2.11. The summed E-state index contributed by atoms with van der Waals surface area (Å²) in [4.78, 5) is 12.2. The molecule has 0 radical (unpaired) electrons. The fourth-order valence-corrected chi connectivity index (χ4v) is 1.81. The molecule has 0 atom stereocenters. The van der Waals surface area contributed by atoms with Crippen LogP contribution in [0.25, 0.3) is 0 Å². The molecule has 0 N–H and O–H groups in total. The van der Waals surface area contributed by atoms with E-state index in [9.17, 15) is 9.18 Å². The van der Waals surface area contributed by atoms with Gasteiger partial charge in [0.1, 0.15) is 0 Å². The highest BCUT2D eigenvalue weighted by Crippen LogP contribution is 2.23. The molecule has 1 heterocycles. The van der Waals surface area contributed by atoms with E-state index in [1.165, 1.54) is 23.9 Å². The van der Waals surface area contributed by atoms with E-state index in [4.69, 9.17) is 4.74 Å². The molecule has 0 aliphatic carbocycles. The fourth-order valence-electron chi connectivity index (χ4n) is 1.81. The molecule has 94 valence electrons. The van der Waals surface area contributed by atoms with E-state index in [0.717, 1.165) is 0 Å². The van der Waals surface area contributed by atoms with Crippen molar-refractivity contribution in [2.45, 2.75) is 6.92 Å². The number of hydrogen-bond acceptors (Lipinski definition) is 3. The van der Waals surface area contributed by atoms with Crippen LogP contribution in [0.15, 0.2) is 24.4 Å². The van der Waals surface area contributed by atoms with Crippen molar-refractivity contribution >= 4 is 5.78 Å². The van der Waals surface area contributed by atoms with Crippen LogP contribution < -0.4 is 4.74 Å². The lowest BCUT2D eigenvalue weighted by molar-refractivity contribution is 0.103. The van der Waals surface area contributed by atoms with Gasteiger partial charge in [-0.3, -0.25) is 9.48 Å². The average molecular weight is 248 g/mol. The molecule has 0 aliphatic heterocycles. The van der Waals surface area contributed by atoms with Gasteiger partial charge in [-0.15, -0.1) is 0 Å². The van der Waals surface area contributed by atoms with Gasteiger partial charge in [0.15, 0.2) is 17.3 Å². The van der Waals surface area contributed by atoms with Gasteiger partial charge in [0.2, 0.25) is 0 Å². The smallest absolute Gasteiger partial charge is 0.199 e. The molecule has 0 aliphatic rings. The SMILES string of the molecule is COc1cccc(C(=O)c2cn(C)nc2C)c1F. The molecule has 4 nitrogen and oxygen atoms in total. The molecule has 1 aromatic heterocycles. The van der Waals surface area contributed by atoms with E-state index in [-0.39, 0.29) is 11.3 Å². The Labute approximate surface area is 104 Å². The number of nitrogens with zero attached hydrogens (tertiary/aromatic N) is 2. The van der Waals surface area contributed by atoms with Gasteiger partial charge in [-0.05, 0) is 19.1 Å². The minimum Gasteiger partial charge on any atom is -0.494 e. The standard InChI is InChI=1S/C13H13FN2O2/c1-8-10(7-16(2)15-8)13(17)9-5-4-6-11(18-3)12(9)14/h4-7H,1-3H3. The number of halogens is 1. The number of ketones is 1. The molecule has 5 heteroatoms. The number of aryl methyl sites for hydroxylation is 2. The van der Waals surface area contributed by atoms with Crippen molar-refractivity contribution in [1.29, 1.82) is 0 Å². The lowest BCUT2D eigenvalue weighted by Crippen LogP contribution is -2.06. The summed E-state index contributed by atoms with van der Waals surface area (Å²) in [7, 11) is 3.08. The molecule has 2 rings (SSSR count). The molecule has 0 fully saturated rings. The van der Waals surface area contributed by atoms with Crippen molar-refractivity contribution in [3.8, 4) is 5.75 Å². The molecule has 0 spiro atoms. The van der Waals surface area contributed by atoms with Crippen molar-refractivity contribution in [3.63, 3.8) is 0 Å². The number of methoxy groups -OCH3 is 1. The van der Waals surface area contributed by atoms with E-state index in [1.807, 2.05) is 0 Å². The minimum absolute atomic E-state index is 0.00884. The van der Waals surface area contributed by atoms with E-state index in [2.05, 4.69) is 5.10 Å². The zero-order valence-corrected chi connectivity index (χ0v) is 10.4. The average Bonchev–Trinajstić information content (AvgIpc) is 2.68. The van der Waals surface area contributed by atoms with Crippen LogP contribution in [-0.2, 0) is 7.05 Å². The van der Waals surface area contributed by atoms with E-state index < -0.39 is 11.6 Å². The van der Waals surface area contributed by atoms with Crippen LogP contribution in [0.4, 0.5) is 4.39 Å². The zero-order valence-electron chi connectivity index (χ0n) is 10.4.